The van der Waals surface area contributed by atoms with Gasteiger partial charge in [0.25, 0.3) is 0 Å². The minimum Gasteiger partial charge on any atom is -0.325 e. The molecule has 4 heteroatoms. The van der Waals surface area contributed by atoms with Gasteiger partial charge >= 0.3 is 0 Å². The van der Waals surface area contributed by atoms with E-state index in [1.165, 1.54) is 5.56 Å². The molecule has 0 heterocycles. The van der Waals surface area contributed by atoms with Crippen LogP contribution in [0.15, 0.2) is 42.5 Å². The van der Waals surface area contributed by atoms with Crippen LogP contribution >= 0.6 is 23.2 Å². The monoisotopic (exact) mass is 321 g/mol. The van der Waals surface area contributed by atoms with Crippen LogP contribution in [0.2, 0.25) is 10.0 Å². The summed E-state index contributed by atoms with van der Waals surface area (Å²) in [6.45, 7) is 2.12. The van der Waals surface area contributed by atoms with Crippen molar-refractivity contribution in [2.75, 3.05) is 5.32 Å². The molecule has 110 valence electrons. The number of anilines is 1. The molecule has 0 spiro atoms. The maximum Gasteiger partial charge on any atom is 0.224 e. The van der Waals surface area contributed by atoms with E-state index in [4.69, 9.17) is 23.2 Å². The first-order valence-electron chi connectivity index (χ1n) is 6.92. The Morgan fingerprint density at radius 3 is 2.38 bits per heavy atom. The Labute approximate surface area is 135 Å². The number of nitrogens with one attached hydrogen (secondary N) is 1. The average molecular weight is 322 g/mol. The number of amides is 1. The second kappa shape index (κ2) is 7.48. The molecule has 2 rings (SSSR count). The highest BCUT2D eigenvalue weighted by Gasteiger charge is 2.08. The molecule has 1 N–H and O–H groups in total. The van der Waals surface area contributed by atoms with Crippen molar-refractivity contribution in [1.82, 2.24) is 0 Å². The number of rotatable bonds is 5. The Morgan fingerprint density at radius 2 is 1.71 bits per heavy atom. The van der Waals surface area contributed by atoms with Crippen molar-refractivity contribution >= 4 is 34.8 Å². The van der Waals surface area contributed by atoms with Crippen LogP contribution in [0.5, 0.6) is 0 Å². The van der Waals surface area contributed by atoms with Crippen LogP contribution in [0.3, 0.4) is 0 Å². The molecule has 2 nitrogen and oxygen atoms in total. The predicted molar refractivity (Wildman–Crippen MR) is 89.2 cm³/mol. The fourth-order valence-corrected chi connectivity index (χ4v) is 2.36. The normalized spacial score (nSPS) is 10.4. The van der Waals surface area contributed by atoms with Crippen LogP contribution in [0.4, 0.5) is 5.69 Å². The number of benzene rings is 2. The van der Waals surface area contributed by atoms with E-state index < -0.39 is 0 Å². The van der Waals surface area contributed by atoms with Crippen molar-refractivity contribution in [1.29, 1.82) is 0 Å². The number of halogens is 2. The lowest BCUT2D eigenvalue weighted by molar-refractivity contribution is -0.116. The highest BCUT2D eigenvalue weighted by molar-refractivity contribution is 6.43. The summed E-state index contributed by atoms with van der Waals surface area (Å²) in [5, 5.41) is 3.60. The molecule has 0 bridgehead atoms. The lowest BCUT2D eigenvalue weighted by atomic mass is 10.1. The highest BCUT2D eigenvalue weighted by atomic mass is 35.5. The van der Waals surface area contributed by atoms with Crippen LogP contribution in [-0.4, -0.2) is 5.91 Å². The van der Waals surface area contributed by atoms with Crippen LogP contribution in [-0.2, 0) is 17.6 Å². The van der Waals surface area contributed by atoms with Gasteiger partial charge in [-0.3, -0.25) is 4.79 Å². The maximum absolute atomic E-state index is 12.0. The van der Waals surface area contributed by atoms with Gasteiger partial charge in [-0.1, -0.05) is 60.5 Å². The van der Waals surface area contributed by atoms with Crippen molar-refractivity contribution in [2.24, 2.45) is 0 Å². The molecular formula is C17H17Cl2NO. The molecule has 0 atom stereocenters. The zero-order valence-corrected chi connectivity index (χ0v) is 13.3. The molecule has 0 aliphatic heterocycles. The van der Waals surface area contributed by atoms with Gasteiger partial charge in [-0.2, -0.15) is 0 Å². The van der Waals surface area contributed by atoms with Gasteiger partial charge in [0.1, 0.15) is 0 Å². The largest absolute Gasteiger partial charge is 0.325 e. The molecule has 0 unspecified atom stereocenters. The molecule has 0 aromatic heterocycles. The topological polar surface area (TPSA) is 29.1 Å². The minimum atomic E-state index is -0.0706. The molecule has 0 saturated carbocycles. The van der Waals surface area contributed by atoms with Crippen LogP contribution in [0.1, 0.15) is 24.5 Å². The maximum atomic E-state index is 12.0. The smallest absolute Gasteiger partial charge is 0.224 e. The Balaban J connectivity index is 1.91. The molecule has 1 amide bonds. The fourth-order valence-electron chi connectivity index (χ4n) is 2.01. The molecule has 0 aliphatic rings. The number of hydrogen-bond donors (Lipinski definition) is 1. The summed E-state index contributed by atoms with van der Waals surface area (Å²) in [6.07, 6.45) is 2.14. The number of carbonyl (C=O) groups is 1. The molecular weight excluding hydrogens is 305 g/mol. The van der Waals surface area contributed by atoms with Crippen LogP contribution in [0.25, 0.3) is 0 Å². The zero-order chi connectivity index (χ0) is 15.2. The Morgan fingerprint density at radius 1 is 1.05 bits per heavy atom. The molecule has 0 saturated heterocycles. The second-order valence-corrected chi connectivity index (χ2v) is 5.60. The third-order valence-corrected chi connectivity index (χ3v) is 4.12. The number of hydrogen-bond acceptors (Lipinski definition) is 1. The van der Waals surface area contributed by atoms with E-state index in [2.05, 4.69) is 36.5 Å². The number of carbonyl (C=O) groups excluding carboxylic acids is 1. The fraction of sp³-hybridized carbons (Fsp3) is 0.235. The van der Waals surface area contributed by atoms with E-state index in [0.717, 1.165) is 12.0 Å². The summed E-state index contributed by atoms with van der Waals surface area (Å²) in [6, 6.07) is 13.5. The van der Waals surface area contributed by atoms with E-state index >= 15 is 0 Å². The van der Waals surface area contributed by atoms with E-state index in [0.29, 0.717) is 28.6 Å². The van der Waals surface area contributed by atoms with E-state index in [9.17, 15) is 4.79 Å². The Bertz CT molecular complexity index is 623. The van der Waals surface area contributed by atoms with Crippen LogP contribution in [0, 0.1) is 0 Å². The quantitative estimate of drug-likeness (QED) is 0.812. The third-order valence-electron chi connectivity index (χ3n) is 3.30. The zero-order valence-electron chi connectivity index (χ0n) is 11.8. The molecule has 21 heavy (non-hydrogen) atoms. The van der Waals surface area contributed by atoms with Gasteiger partial charge in [0, 0.05) is 6.42 Å². The van der Waals surface area contributed by atoms with Crippen LogP contribution < -0.4 is 5.32 Å². The standard InChI is InChI=1S/C17H17Cl2NO/c1-2-12-6-8-13(9-7-12)10-11-16(21)20-15-5-3-4-14(18)17(15)19/h3-9H,2,10-11H2,1H3,(H,20,21). The highest BCUT2D eigenvalue weighted by Crippen LogP contribution is 2.29. The van der Waals surface area contributed by atoms with Gasteiger partial charge in [-0.05, 0) is 36.1 Å². The first-order valence-corrected chi connectivity index (χ1v) is 7.67. The summed E-state index contributed by atoms with van der Waals surface area (Å²) >= 11 is 12.0. The third kappa shape index (κ3) is 4.48. The first-order chi connectivity index (χ1) is 10.1. The average Bonchev–Trinajstić information content (AvgIpc) is 2.50. The SMILES string of the molecule is CCc1ccc(CCC(=O)Nc2cccc(Cl)c2Cl)cc1. The summed E-state index contributed by atoms with van der Waals surface area (Å²) in [5.74, 6) is -0.0706. The van der Waals surface area contributed by atoms with Crippen molar-refractivity contribution in [3.8, 4) is 0 Å². The van der Waals surface area contributed by atoms with Gasteiger partial charge in [0.15, 0.2) is 0 Å². The molecule has 0 radical (unpaired) electrons. The van der Waals surface area contributed by atoms with Crippen molar-refractivity contribution in [3.63, 3.8) is 0 Å². The molecule has 0 aliphatic carbocycles. The molecule has 2 aromatic rings. The van der Waals surface area contributed by atoms with Gasteiger partial charge in [0.2, 0.25) is 5.91 Å². The van der Waals surface area contributed by atoms with E-state index in [1.54, 1.807) is 18.2 Å². The van der Waals surface area contributed by atoms with Gasteiger partial charge in [-0.25, -0.2) is 0 Å². The summed E-state index contributed by atoms with van der Waals surface area (Å²) in [5.41, 5.74) is 3.00. The summed E-state index contributed by atoms with van der Waals surface area (Å²) in [4.78, 5) is 12.0. The molecule has 2 aromatic carbocycles. The second-order valence-electron chi connectivity index (χ2n) is 4.82. The van der Waals surface area contributed by atoms with Crippen molar-refractivity contribution in [3.05, 3.63) is 63.6 Å². The van der Waals surface area contributed by atoms with E-state index in [-0.39, 0.29) is 5.91 Å². The first kappa shape index (κ1) is 15.9. The van der Waals surface area contributed by atoms with Gasteiger partial charge < -0.3 is 5.32 Å². The van der Waals surface area contributed by atoms with Gasteiger partial charge in [0.05, 0.1) is 15.7 Å². The van der Waals surface area contributed by atoms with Crippen molar-refractivity contribution in [2.45, 2.75) is 26.2 Å². The summed E-state index contributed by atoms with van der Waals surface area (Å²) in [7, 11) is 0. The van der Waals surface area contributed by atoms with Crippen molar-refractivity contribution < 1.29 is 4.79 Å². The lowest BCUT2D eigenvalue weighted by Gasteiger charge is -2.08. The van der Waals surface area contributed by atoms with Gasteiger partial charge in [-0.15, -0.1) is 0 Å². The Kier molecular flexibility index (Phi) is 5.66. The van der Waals surface area contributed by atoms with E-state index in [1.807, 2.05) is 0 Å². The lowest BCUT2D eigenvalue weighted by Crippen LogP contribution is -2.12. The Hall–Kier alpha value is -1.51. The summed E-state index contributed by atoms with van der Waals surface area (Å²) < 4.78 is 0. The predicted octanol–water partition coefficient (Wildman–Crippen LogP) is 5.13. The molecule has 0 fully saturated rings. The minimum absolute atomic E-state index is 0.0706. The number of aryl methyl sites for hydroxylation is 2.